The summed E-state index contributed by atoms with van der Waals surface area (Å²) in [7, 11) is 1.65. The first-order chi connectivity index (χ1) is 8.13. The van der Waals surface area contributed by atoms with E-state index >= 15 is 0 Å². The second kappa shape index (κ2) is 4.53. The van der Waals surface area contributed by atoms with Gasteiger partial charge in [0.1, 0.15) is 0 Å². The van der Waals surface area contributed by atoms with Gasteiger partial charge in [-0.2, -0.15) is 0 Å². The minimum Gasteiger partial charge on any atom is -0.355 e. The molecule has 0 bridgehead atoms. The number of rotatable bonds is 2. The molecule has 0 aliphatic rings. The number of nitrogens with zero attached hydrogens (tertiary/aromatic N) is 1. The molecule has 1 aromatic carbocycles. The van der Waals surface area contributed by atoms with Gasteiger partial charge in [0.15, 0.2) is 0 Å². The molecule has 1 amide bonds. The fourth-order valence-electron chi connectivity index (χ4n) is 1.88. The maximum absolute atomic E-state index is 11.9. The summed E-state index contributed by atoms with van der Waals surface area (Å²) in [5, 5.41) is 4.63. The minimum atomic E-state index is -0.0644. The Hall–Kier alpha value is -1.90. The van der Waals surface area contributed by atoms with E-state index in [0.717, 1.165) is 10.8 Å². The Morgan fingerprint density at radius 3 is 2.76 bits per heavy atom. The third kappa shape index (κ3) is 2.13. The van der Waals surface area contributed by atoms with Crippen LogP contribution in [0.3, 0.4) is 0 Å². The molecule has 0 spiro atoms. The Kier molecular flexibility index (Phi) is 3.09. The molecule has 0 saturated carbocycles. The van der Waals surface area contributed by atoms with Crippen molar-refractivity contribution in [3.05, 3.63) is 41.7 Å². The predicted molar refractivity (Wildman–Crippen MR) is 69.2 cm³/mol. The Bertz CT molecular complexity index is 561. The smallest absolute Gasteiger partial charge is 0.251 e. The van der Waals surface area contributed by atoms with E-state index in [1.54, 1.807) is 19.4 Å². The molecule has 1 aromatic heterocycles. The van der Waals surface area contributed by atoms with E-state index in [4.69, 9.17) is 0 Å². The van der Waals surface area contributed by atoms with Crippen LogP contribution in [-0.4, -0.2) is 17.9 Å². The molecule has 0 atom stereocenters. The molecule has 2 aromatic rings. The minimum absolute atomic E-state index is 0.0644. The Labute approximate surface area is 101 Å². The van der Waals surface area contributed by atoms with Gasteiger partial charge in [-0.05, 0) is 29.0 Å². The number of pyridine rings is 1. The zero-order valence-corrected chi connectivity index (χ0v) is 10.3. The number of hydrogen-bond donors (Lipinski definition) is 1. The lowest BCUT2D eigenvalue weighted by molar-refractivity contribution is 0.0964. The summed E-state index contributed by atoms with van der Waals surface area (Å²) in [6, 6.07) is 6.01. The highest BCUT2D eigenvalue weighted by Gasteiger charge is 2.11. The maximum Gasteiger partial charge on any atom is 0.251 e. The molecule has 1 heterocycles. The summed E-state index contributed by atoms with van der Waals surface area (Å²) < 4.78 is 0. The van der Waals surface area contributed by atoms with E-state index in [2.05, 4.69) is 30.2 Å². The quantitative estimate of drug-likeness (QED) is 0.858. The van der Waals surface area contributed by atoms with Crippen LogP contribution in [0.15, 0.2) is 30.6 Å². The summed E-state index contributed by atoms with van der Waals surface area (Å²) >= 11 is 0. The Balaban J connectivity index is 2.73. The van der Waals surface area contributed by atoms with Crippen molar-refractivity contribution >= 4 is 16.7 Å². The van der Waals surface area contributed by atoms with Crippen molar-refractivity contribution in [2.24, 2.45) is 0 Å². The van der Waals surface area contributed by atoms with Crippen LogP contribution in [0.4, 0.5) is 0 Å². The zero-order valence-electron chi connectivity index (χ0n) is 10.3. The van der Waals surface area contributed by atoms with E-state index in [0.29, 0.717) is 11.5 Å². The molecule has 0 aliphatic heterocycles. The number of carbonyl (C=O) groups is 1. The highest BCUT2D eigenvalue weighted by Crippen LogP contribution is 2.24. The summed E-state index contributed by atoms with van der Waals surface area (Å²) in [5.74, 6) is 0.335. The Morgan fingerprint density at radius 2 is 2.12 bits per heavy atom. The molecule has 0 radical (unpaired) electrons. The molecule has 0 unspecified atom stereocenters. The molecule has 0 aliphatic carbocycles. The summed E-state index contributed by atoms with van der Waals surface area (Å²) in [5.41, 5.74) is 1.86. The van der Waals surface area contributed by atoms with Crippen LogP contribution in [0.5, 0.6) is 0 Å². The van der Waals surface area contributed by atoms with Gasteiger partial charge in [-0.1, -0.05) is 19.9 Å². The van der Waals surface area contributed by atoms with Crippen LogP contribution >= 0.6 is 0 Å². The highest BCUT2D eigenvalue weighted by molar-refractivity contribution is 6.07. The van der Waals surface area contributed by atoms with Gasteiger partial charge >= 0.3 is 0 Å². The largest absolute Gasteiger partial charge is 0.355 e. The van der Waals surface area contributed by atoms with E-state index in [9.17, 15) is 4.79 Å². The molecule has 2 rings (SSSR count). The third-order valence-electron chi connectivity index (χ3n) is 2.92. The molecular formula is C14H16N2O. The van der Waals surface area contributed by atoms with Crippen molar-refractivity contribution in [3.8, 4) is 0 Å². The van der Waals surface area contributed by atoms with Crippen LogP contribution in [0.1, 0.15) is 35.7 Å². The number of benzene rings is 1. The lowest BCUT2D eigenvalue weighted by Gasteiger charge is -2.11. The number of amides is 1. The van der Waals surface area contributed by atoms with Crippen molar-refractivity contribution in [3.63, 3.8) is 0 Å². The fourth-order valence-corrected chi connectivity index (χ4v) is 1.88. The molecule has 0 saturated heterocycles. The van der Waals surface area contributed by atoms with Gasteiger partial charge in [-0.3, -0.25) is 9.78 Å². The lowest BCUT2D eigenvalue weighted by Crippen LogP contribution is -2.18. The van der Waals surface area contributed by atoms with E-state index in [-0.39, 0.29) is 5.91 Å². The monoisotopic (exact) mass is 228 g/mol. The number of carbonyl (C=O) groups excluding carboxylic acids is 1. The topological polar surface area (TPSA) is 42.0 Å². The van der Waals surface area contributed by atoms with Crippen LogP contribution < -0.4 is 5.32 Å². The average Bonchev–Trinajstić information content (AvgIpc) is 2.36. The van der Waals surface area contributed by atoms with Gasteiger partial charge in [0.2, 0.25) is 0 Å². The van der Waals surface area contributed by atoms with Crippen LogP contribution in [0.25, 0.3) is 10.8 Å². The number of hydrogen-bond acceptors (Lipinski definition) is 2. The second-order valence-electron chi connectivity index (χ2n) is 4.40. The van der Waals surface area contributed by atoms with Crippen LogP contribution in [0.2, 0.25) is 0 Å². The van der Waals surface area contributed by atoms with Crippen molar-refractivity contribution in [2.75, 3.05) is 7.05 Å². The maximum atomic E-state index is 11.9. The van der Waals surface area contributed by atoms with Gasteiger partial charge < -0.3 is 5.32 Å². The van der Waals surface area contributed by atoms with Gasteiger partial charge in [-0.15, -0.1) is 0 Å². The second-order valence-corrected chi connectivity index (χ2v) is 4.40. The first-order valence-corrected chi connectivity index (χ1v) is 5.73. The first-order valence-electron chi connectivity index (χ1n) is 5.73. The number of nitrogens with one attached hydrogen (secondary N) is 1. The van der Waals surface area contributed by atoms with Gasteiger partial charge in [-0.25, -0.2) is 0 Å². The highest BCUT2D eigenvalue weighted by atomic mass is 16.1. The normalized spacial score (nSPS) is 10.8. The van der Waals surface area contributed by atoms with Crippen molar-refractivity contribution in [2.45, 2.75) is 19.8 Å². The number of fused-ring (bicyclic) bond motifs is 1. The van der Waals surface area contributed by atoms with E-state index in [1.165, 1.54) is 5.56 Å². The lowest BCUT2D eigenvalue weighted by atomic mass is 9.96. The average molecular weight is 228 g/mol. The van der Waals surface area contributed by atoms with E-state index < -0.39 is 0 Å². The summed E-state index contributed by atoms with van der Waals surface area (Å²) in [6.45, 7) is 4.24. The fraction of sp³-hybridized carbons (Fsp3) is 0.286. The van der Waals surface area contributed by atoms with Gasteiger partial charge in [0, 0.05) is 30.4 Å². The van der Waals surface area contributed by atoms with Crippen molar-refractivity contribution in [1.29, 1.82) is 0 Å². The first kappa shape index (κ1) is 11.6. The van der Waals surface area contributed by atoms with Gasteiger partial charge in [0.25, 0.3) is 5.91 Å². The number of aromatic nitrogens is 1. The van der Waals surface area contributed by atoms with Gasteiger partial charge in [0.05, 0.1) is 0 Å². The standard InChI is InChI=1S/C14H16N2O/c1-9(2)11-6-10-4-5-16-8-13(10)12(7-11)14(17)15-3/h4-9H,1-3H3,(H,15,17). The molecule has 1 N–H and O–H groups in total. The van der Waals surface area contributed by atoms with E-state index in [1.807, 2.05) is 12.1 Å². The molecule has 3 nitrogen and oxygen atoms in total. The SMILES string of the molecule is CNC(=O)c1cc(C(C)C)cc2ccncc12. The van der Waals surface area contributed by atoms with Crippen LogP contribution in [0, 0.1) is 0 Å². The van der Waals surface area contributed by atoms with Crippen molar-refractivity contribution in [1.82, 2.24) is 10.3 Å². The third-order valence-corrected chi connectivity index (χ3v) is 2.92. The molecular weight excluding hydrogens is 212 g/mol. The molecule has 3 heteroatoms. The van der Waals surface area contributed by atoms with Crippen LogP contribution in [-0.2, 0) is 0 Å². The summed E-state index contributed by atoms with van der Waals surface area (Å²) in [6.07, 6.45) is 3.49. The Morgan fingerprint density at radius 1 is 1.35 bits per heavy atom. The molecule has 88 valence electrons. The molecule has 0 fully saturated rings. The summed E-state index contributed by atoms with van der Waals surface area (Å²) in [4.78, 5) is 15.9. The molecule has 17 heavy (non-hydrogen) atoms. The van der Waals surface area contributed by atoms with Crippen molar-refractivity contribution < 1.29 is 4.79 Å². The zero-order chi connectivity index (χ0) is 12.4. The predicted octanol–water partition coefficient (Wildman–Crippen LogP) is 2.72.